The summed E-state index contributed by atoms with van der Waals surface area (Å²) >= 11 is 0. The zero-order valence-corrected chi connectivity index (χ0v) is 18.6. The van der Waals surface area contributed by atoms with Gasteiger partial charge in [-0.25, -0.2) is 0 Å². The third-order valence-corrected chi connectivity index (χ3v) is 7.70. The van der Waals surface area contributed by atoms with Crippen LogP contribution in [0.15, 0.2) is 0 Å². The molecule has 0 bridgehead atoms. The lowest BCUT2D eigenvalue weighted by Crippen LogP contribution is -2.77. The molecule has 35 heavy (non-hydrogen) atoms. The first-order valence-corrected chi connectivity index (χ1v) is 11.4. The Morgan fingerprint density at radius 1 is 0.486 bits per heavy atom. The summed E-state index contributed by atoms with van der Waals surface area (Å²) in [5.74, 6) is -47.3. The van der Waals surface area contributed by atoms with E-state index in [9.17, 15) is 74.6 Å². The Bertz CT molecular complexity index is 713. The topological polar surface area (TPSA) is 18.5 Å². The predicted octanol–water partition coefficient (Wildman–Crippen LogP) is 7.46. The standard InChI is InChI=1S/C15H17F17O2Si/c1-4-33-35(3,34-5-2)15(31,32)14(29,30)13(27,28)12(25,26)11(23,24)10(21,22)8(16,17)6-7-9(18,19)20/h4-7H2,1-3H3. The molecule has 0 aliphatic heterocycles. The van der Waals surface area contributed by atoms with Crippen molar-refractivity contribution in [2.75, 3.05) is 13.2 Å². The largest absolute Gasteiger partial charge is 0.419 e. The molecule has 0 aromatic carbocycles. The second-order valence-electron chi connectivity index (χ2n) is 7.08. The summed E-state index contributed by atoms with van der Waals surface area (Å²) in [5, 5.41) is 0. The van der Waals surface area contributed by atoms with E-state index in [4.69, 9.17) is 0 Å². The fourth-order valence-corrected chi connectivity index (χ4v) is 4.81. The maximum absolute atomic E-state index is 14.4. The first kappa shape index (κ1) is 33.9. The van der Waals surface area contributed by atoms with Gasteiger partial charge in [0, 0.05) is 26.1 Å². The number of hydrogen-bond donors (Lipinski definition) is 0. The van der Waals surface area contributed by atoms with Crippen LogP contribution in [0.2, 0.25) is 6.55 Å². The van der Waals surface area contributed by atoms with Crippen molar-refractivity contribution in [3.63, 3.8) is 0 Å². The highest BCUT2D eigenvalue weighted by Gasteiger charge is 2.94. The van der Waals surface area contributed by atoms with Crippen molar-refractivity contribution >= 4 is 8.56 Å². The summed E-state index contributed by atoms with van der Waals surface area (Å²) < 4.78 is 238. The van der Waals surface area contributed by atoms with Crippen LogP contribution in [-0.2, 0) is 8.85 Å². The molecule has 0 N–H and O–H groups in total. The Labute approximate surface area is 187 Å². The van der Waals surface area contributed by atoms with Gasteiger partial charge >= 0.3 is 55.8 Å². The Morgan fingerprint density at radius 3 is 1.11 bits per heavy atom. The third-order valence-electron chi connectivity index (χ3n) is 4.56. The normalized spacial score (nSPS) is 16.1. The van der Waals surface area contributed by atoms with E-state index in [0.29, 0.717) is 0 Å². The Kier molecular flexibility index (Phi) is 9.39. The van der Waals surface area contributed by atoms with Gasteiger partial charge in [-0.1, -0.05) is 0 Å². The van der Waals surface area contributed by atoms with E-state index in [1.54, 1.807) is 0 Å². The average molecular weight is 580 g/mol. The fourth-order valence-electron chi connectivity index (χ4n) is 2.53. The molecular weight excluding hydrogens is 563 g/mol. The summed E-state index contributed by atoms with van der Waals surface area (Å²) in [6, 6.07) is 0. The molecule has 0 aliphatic rings. The van der Waals surface area contributed by atoms with E-state index in [1.165, 1.54) is 0 Å². The molecule has 212 valence electrons. The van der Waals surface area contributed by atoms with Crippen molar-refractivity contribution in [2.45, 2.75) is 80.5 Å². The summed E-state index contributed by atoms with van der Waals surface area (Å²) in [4.78, 5) is 0. The van der Waals surface area contributed by atoms with Crippen LogP contribution < -0.4 is 0 Å². The van der Waals surface area contributed by atoms with Gasteiger partial charge in [0.05, 0.1) is 0 Å². The Morgan fingerprint density at radius 2 is 0.800 bits per heavy atom. The van der Waals surface area contributed by atoms with Crippen LogP contribution in [0, 0.1) is 0 Å². The number of hydrogen-bond acceptors (Lipinski definition) is 2. The van der Waals surface area contributed by atoms with Crippen molar-refractivity contribution < 1.29 is 83.5 Å². The first-order valence-electron chi connectivity index (χ1n) is 9.07. The van der Waals surface area contributed by atoms with Crippen LogP contribution in [0.1, 0.15) is 26.7 Å². The van der Waals surface area contributed by atoms with Gasteiger partial charge in [0.1, 0.15) is 0 Å². The second-order valence-corrected chi connectivity index (χ2v) is 10.2. The van der Waals surface area contributed by atoms with E-state index in [0.717, 1.165) is 13.8 Å². The van der Waals surface area contributed by atoms with Gasteiger partial charge in [-0.3, -0.25) is 0 Å². The molecule has 0 radical (unpaired) electrons. The van der Waals surface area contributed by atoms with Crippen molar-refractivity contribution in [3.8, 4) is 0 Å². The highest BCUT2D eigenvalue weighted by Crippen LogP contribution is 2.63. The number of rotatable bonds is 13. The van der Waals surface area contributed by atoms with E-state index < -0.39 is 81.9 Å². The van der Waals surface area contributed by atoms with E-state index in [2.05, 4.69) is 8.85 Å². The lowest BCUT2D eigenvalue weighted by molar-refractivity contribution is -0.438. The molecule has 0 aromatic heterocycles. The van der Waals surface area contributed by atoms with Crippen LogP contribution in [0.3, 0.4) is 0 Å². The third kappa shape index (κ3) is 5.33. The summed E-state index contributed by atoms with van der Waals surface area (Å²) in [6.45, 7) is -0.474. The molecule has 20 heteroatoms. The molecular formula is C15H17F17O2Si. The number of halogens is 17. The van der Waals surface area contributed by atoms with Crippen LogP contribution in [0.25, 0.3) is 0 Å². The smallest absolute Gasteiger partial charge is 0.391 e. The van der Waals surface area contributed by atoms with Crippen LogP contribution in [0.5, 0.6) is 0 Å². The summed E-state index contributed by atoms with van der Waals surface area (Å²) in [7, 11) is -6.08. The maximum Gasteiger partial charge on any atom is 0.419 e. The van der Waals surface area contributed by atoms with Crippen LogP contribution >= 0.6 is 0 Å². The summed E-state index contributed by atoms with van der Waals surface area (Å²) in [6.07, 6.45) is -12.1. The van der Waals surface area contributed by atoms with Gasteiger partial charge in [-0.05, 0) is 20.4 Å². The predicted molar refractivity (Wildman–Crippen MR) is 84.8 cm³/mol. The fraction of sp³-hybridized carbons (Fsp3) is 1.00. The highest BCUT2D eigenvalue weighted by atomic mass is 28.4. The summed E-state index contributed by atoms with van der Waals surface area (Å²) in [5.41, 5.74) is -6.58. The second kappa shape index (κ2) is 9.68. The molecule has 0 atom stereocenters. The molecule has 0 fully saturated rings. The van der Waals surface area contributed by atoms with Crippen molar-refractivity contribution in [1.82, 2.24) is 0 Å². The van der Waals surface area contributed by atoms with Crippen LogP contribution in [-0.4, -0.2) is 69.0 Å². The van der Waals surface area contributed by atoms with E-state index >= 15 is 0 Å². The molecule has 0 heterocycles. The molecule has 0 aliphatic carbocycles. The monoisotopic (exact) mass is 580 g/mol. The van der Waals surface area contributed by atoms with Crippen LogP contribution in [0.4, 0.5) is 74.6 Å². The first-order chi connectivity index (χ1) is 15.1. The SMILES string of the molecule is CCO[Si](C)(OCC)C(F)(F)C(F)(F)C(F)(F)C(F)(F)C(F)(F)C(F)(F)C(F)(F)CCC(F)(F)F. The van der Waals surface area contributed by atoms with Crippen molar-refractivity contribution in [3.05, 3.63) is 0 Å². The molecule has 0 spiro atoms. The van der Waals surface area contributed by atoms with Gasteiger partial charge in [0.2, 0.25) is 0 Å². The minimum atomic E-state index is -8.38. The van der Waals surface area contributed by atoms with E-state index in [1.807, 2.05) is 0 Å². The molecule has 0 saturated carbocycles. The average Bonchev–Trinajstić information content (AvgIpc) is 2.65. The van der Waals surface area contributed by atoms with Gasteiger partial charge in [0.15, 0.2) is 0 Å². The molecule has 0 amide bonds. The molecule has 0 unspecified atom stereocenters. The van der Waals surface area contributed by atoms with Crippen molar-refractivity contribution in [1.29, 1.82) is 0 Å². The zero-order chi connectivity index (χ0) is 28.7. The lowest BCUT2D eigenvalue weighted by Gasteiger charge is -2.45. The highest BCUT2D eigenvalue weighted by molar-refractivity contribution is 6.69. The molecule has 0 saturated heterocycles. The van der Waals surface area contributed by atoms with Gasteiger partial charge in [-0.2, -0.15) is 74.6 Å². The minimum absolute atomic E-state index is 0.0832. The lowest BCUT2D eigenvalue weighted by atomic mass is 9.90. The molecule has 0 aromatic rings. The Hall–Kier alpha value is -1.05. The van der Waals surface area contributed by atoms with Gasteiger partial charge < -0.3 is 8.85 Å². The molecule has 0 rings (SSSR count). The van der Waals surface area contributed by atoms with Gasteiger partial charge in [0.25, 0.3) is 0 Å². The quantitative estimate of drug-likeness (QED) is 0.166. The van der Waals surface area contributed by atoms with E-state index in [-0.39, 0.29) is 6.55 Å². The van der Waals surface area contributed by atoms with Gasteiger partial charge in [-0.15, -0.1) is 0 Å². The maximum atomic E-state index is 14.4. The molecule has 2 nitrogen and oxygen atoms in total. The van der Waals surface area contributed by atoms with Crippen molar-refractivity contribution in [2.24, 2.45) is 0 Å². The Balaban J connectivity index is 6.74. The number of alkyl halides is 17. The zero-order valence-electron chi connectivity index (χ0n) is 17.6. The minimum Gasteiger partial charge on any atom is -0.391 e.